The van der Waals surface area contributed by atoms with E-state index in [0.717, 1.165) is 0 Å². The number of carboxylic acid groups (broad SMARTS) is 1. The van der Waals surface area contributed by atoms with Crippen LogP contribution < -0.4 is 5.11 Å². The first-order valence-corrected chi connectivity index (χ1v) is 11.8. The molecule has 0 heterocycles. The SMILES string of the molecule is C[N+](C)(C)CC(=O)[O-].[I][V][I]. The van der Waals surface area contributed by atoms with Crippen LogP contribution in [0.2, 0.25) is 0 Å². The van der Waals surface area contributed by atoms with Gasteiger partial charge in [0.05, 0.1) is 27.1 Å². The number of quaternary nitrogens is 1. The van der Waals surface area contributed by atoms with E-state index in [1.807, 2.05) is 0 Å². The summed E-state index contributed by atoms with van der Waals surface area (Å²) < 4.78 is 0.419. The number of carboxylic acids is 1. The molecule has 11 heavy (non-hydrogen) atoms. The molecule has 6 heteroatoms. The fourth-order valence-corrected chi connectivity index (χ4v) is 0.387. The van der Waals surface area contributed by atoms with E-state index in [0.29, 0.717) is 13.9 Å². The second-order valence-corrected chi connectivity index (χ2v) is 14.7. The number of aliphatic carboxylic acids is 1. The summed E-state index contributed by atoms with van der Waals surface area (Å²) in [5.74, 6) is -1.00. The minimum absolute atomic E-state index is 0.0694. The van der Waals surface area contributed by atoms with Crippen molar-refractivity contribution >= 4 is 45.9 Å². The summed E-state index contributed by atoms with van der Waals surface area (Å²) in [6.45, 7) is 0.0694. The van der Waals surface area contributed by atoms with Crippen LogP contribution in [0.5, 0.6) is 0 Å². The summed E-state index contributed by atoms with van der Waals surface area (Å²) in [7, 11) is 6.03. The number of carbonyl (C=O) groups excluding carboxylic acids is 1. The Labute approximate surface area is 96.3 Å². The van der Waals surface area contributed by atoms with Gasteiger partial charge in [-0.25, -0.2) is 0 Å². The van der Waals surface area contributed by atoms with Gasteiger partial charge in [0, 0.05) is 0 Å². The minimum atomic E-state index is -1.00. The van der Waals surface area contributed by atoms with Crippen LogP contribution >= 0.6 is 40.0 Å². The van der Waals surface area contributed by atoms with Crippen LogP contribution in [-0.4, -0.2) is 38.1 Å². The summed E-state index contributed by atoms with van der Waals surface area (Å²) in [6.07, 6.45) is 0. The molecule has 0 spiro atoms. The molecule has 0 radical (unpaired) electrons. The van der Waals surface area contributed by atoms with E-state index in [9.17, 15) is 9.90 Å². The van der Waals surface area contributed by atoms with Crippen molar-refractivity contribution in [2.45, 2.75) is 0 Å². The van der Waals surface area contributed by atoms with Crippen molar-refractivity contribution < 1.29 is 23.8 Å². The van der Waals surface area contributed by atoms with Crippen LogP contribution in [0.25, 0.3) is 0 Å². The Balaban J connectivity index is 0. The van der Waals surface area contributed by atoms with Gasteiger partial charge in [-0.2, -0.15) is 0 Å². The number of halogens is 2. The first-order valence-electron chi connectivity index (χ1n) is 2.76. The molecule has 0 aliphatic carbocycles. The maximum absolute atomic E-state index is 9.89. The molecule has 0 amide bonds. The number of rotatable bonds is 2. The first-order chi connectivity index (χ1) is 4.83. The normalized spacial score (nSPS) is 9.55. The van der Waals surface area contributed by atoms with Crippen LogP contribution in [0.3, 0.4) is 0 Å². The molecule has 0 N–H and O–H groups in total. The first kappa shape index (κ1) is 15.0. The number of likely N-dealkylation sites (N-methyl/N-ethyl adjacent to an activating group) is 1. The molecule has 0 saturated carbocycles. The van der Waals surface area contributed by atoms with Gasteiger partial charge in [-0.05, 0) is 0 Å². The molecule has 0 aromatic rings. The van der Waals surface area contributed by atoms with Crippen molar-refractivity contribution in [3.8, 4) is 0 Å². The van der Waals surface area contributed by atoms with Gasteiger partial charge in [0.25, 0.3) is 0 Å². The number of hydrogen-bond acceptors (Lipinski definition) is 2. The van der Waals surface area contributed by atoms with Gasteiger partial charge in [-0.15, -0.1) is 0 Å². The maximum atomic E-state index is 9.89. The van der Waals surface area contributed by atoms with Gasteiger partial charge in [0.1, 0.15) is 6.54 Å². The quantitative estimate of drug-likeness (QED) is 0.472. The number of nitrogens with zero attached hydrogens (tertiary/aromatic N) is 1. The average Bonchev–Trinajstić information content (AvgIpc) is 1.57. The molecule has 0 saturated heterocycles. The van der Waals surface area contributed by atoms with Crippen molar-refractivity contribution in [1.82, 2.24) is 0 Å². The number of hydrogen-bond donors (Lipinski definition) is 0. The molecule has 0 unspecified atom stereocenters. The molecular weight excluding hydrogens is 411 g/mol. The Kier molecular flexibility index (Phi) is 11.0. The van der Waals surface area contributed by atoms with Crippen LogP contribution in [0.1, 0.15) is 0 Å². The van der Waals surface area contributed by atoms with E-state index in [2.05, 4.69) is 40.0 Å². The molecule has 0 aromatic carbocycles. The fraction of sp³-hybridized carbons (Fsp3) is 0.800. The van der Waals surface area contributed by atoms with Gasteiger partial charge < -0.3 is 14.4 Å². The van der Waals surface area contributed by atoms with Crippen LogP contribution in [0, 0.1) is 0 Å². The predicted octanol–water partition coefficient (Wildman–Crippen LogP) is 0.211. The van der Waals surface area contributed by atoms with E-state index in [4.69, 9.17) is 0 Å². The molecule has 0 aromatic heterocycles. The summed E-state index contributed by atoms with van der Waals surface area (Å²) >= 11 is 4.74. The van der Waals surface area contributed by atoms with Crippen molar-refractivity contribution in [1.29, 1.82) is 0 Å². The zero-order valence-electron chi connectivity index (χ0n) is 6.67. The third-order valence-corrected chi connectivity index (χ3v) is 0.603. The Bertz CT molecular complexity index is 116. The summed E-state index contributed by atoms with van der Waals surface area (Å²) in [5, 5.41) is 9.89. The van der Waals surface area contributed by atoms with Crippen molar-refractivity contribution in [3.05, 3.63) is 0 Å². The Morgan fingerprint density at radius 3 is 1.73 bits per heavy atom. The van der Waals surface area contributed by atoms with Gasteiger partial charge >= 0.3 is 49.4 Å². The molecule has 0 aliphatic heterocycles. The molecule has 0 bridgehead atoms. The zero-order chi connectivity index (χ0) is 9.49. The molecule has 0 atom stereocenters. The van der Waals surface area contributed by atoms with E-state index in [-0.39, 0.29) is 6.54 Å². The van der Waals surface area contributed by atoms with Crippen LogP contribution in [0.15, 0.2) is 0 Å². The summed E-state index contributed by atoms with van der Waals surface area (Å²) in [6, 6.07) is 0. The van der Waals surface area contributed by atoms with Gasteiger partial charge in [0.2, 0.25) is 0 Å². The second kappa shape index (κ2) is 8.09. The van der Waals surface area contributed by atoms with Crippen LogP contribution in [0.4, 0.5) is 0 Å². The number of carbonyl (C=O) groups is 1. The topological polar surface area (TPSA) is 40.1 Å². The molecule has 3 nitrogen and oxygen atoms in total. The Morgan fingerprint density at radius 1 is 1.45 bits per heavy atom. The monoisotopic (exact) mass is 422 g/mol. The van der Waals surface area contributed by atoms with Crippen molar-refractivity contribution in [2.24, 2.45) is 0 Å². The Morgan fingerprint density at radius 2 is 1.73 bits per heavy atom. The zero-order valence-corrected chi connectivity index (χ0v) is 12.4. The fourth-order valence-electron chi connectivity index (χ4n) is 0.387. The average molecular weight is 422 g/mol. The second-order valence-electron chi connectivity index (χ2n) is 2.88. The standard InChI is InChI=1S/C5H11NO2.2HI.V/c1-6(2,3)4-5(7)8;;;/h4H2,1-3H3;2*1H;/q;;;+2/p-2. The predicted molar refractivity (Wildman–Crippen MR) is 55.9 cm³/mol. The van der Waals surface area contributed by atoms with Gasteiger partial charge in [-0.1, -0.05) is 0 Å². The molecule has 67 valence electrons. The summed E-state index contributed by atoms with van der Waals surface area (Å²) in [5.41, 5.74) is 0. The van der Waals surface area contributed by atoms with E-state index in [1.165, 1.54) is 0 Å². The molecule has 0 rings (SSSR count). The van der Waals surface area contributed by atoms with Crippen molar-refractivity contribution in [2.75, 3.05) is 27.7 Å². The molecular formula is C5H11I2NO2V. The third-order valence-electron chi connectivity index (χ3n) is 0.603. The van der Waals surface area contributed by atoms with Crippen LogP contribution in [-0.2, 0) is 14.3 Å². The summed E-state index contributed by atoms with van der Waals surface area (Å²) in [4.78, 5) is 9.89. The third kappa shape index (κ3) is 24.6. The molecule has 0 aliphatic rings. The molecule has 0 fully saturated rings. The van der Waals surface area contributed by atoms with E-state index >= 15 is 0 Å². The van der Waals surface area contributed by atoms with E-state index < -0.39 is 5.97 Å². The Hall–Kier alpha value is 1.47. The van der Waals surface area contributed by atoms with Gasteiger partial charge in [-0.3, -0.25) is 0 Å². The van der Waals surface area contributed by atoms with Gasteiger partial charge in [0.15, 0.2) is 0 Å². The van der Waals surface area contributed by atoms with Crippen molar-refractivity contribution in [3.63, 3.8) is 0 Å². The van der Waals surface area contributed by atoms with E-state index in [1.54, 1.807) is 21.1 Å².